The van der Waals surface area contributed by atoms with Crippen molar-refractivity contribution in [2.45, 2.75) is 82.7 Å². The Balaban J connectivity index is 1.84. The molecule has 0 aromatic heterocycles. The molecule has 1 saturated carbocycles. The molecule has 0 aromatic carbocycles. The predicted molar refractivity (Wildman–Crippen MR) is 79.0 cm³/mol. The van der Waals surface area contributed by atoms with Gasteiger partial charge in [-0.1, -0.05) is 32.1 Å². The molecule has 106 valence electrons. The molecule has 1 heterocycles. The smallest absolute Gasteiger partial charge is 0.0190 e. The summed E-state index contributed by atoms with van der Waals surface area (Å²) in [5.41, 5.74) is 0.463. The van der Waals surface area contributed by atoms with E-state index in [0.29, 0.717) is 5.54 Å². The van der Waals surface area contributed by atoms with Gasteiger partial charge in [0.05, 0.1) is 0 Å². The highest BCUT2D eigenvalue weighted by Crippen LogP contribution is 2.31. The maximum atomic E-state index is 3.66. The number of likely N-dealkylation sites (tertiary alicyclic amines) is 1. The summed E-state index contributed by atoms with van der Waals surface area (Å²) in [6.07, 6.45) is 14.2. The zero-order valence-electron chi connectivity index (χ0n) is 12.5. The van der Waals surface area contributed by atoms with Crippen LogP contribution in [-0.2, 0) is 0 Å². The van der Waals surface area contributed by atoms with Crippen LogP contribution in [-0.4, -0.2) is 36.6 Å². The van der Waals surface area contributed by atoms with Gasteiger partial charge in [0.2, 0.25) is 0 Å². The zero-order valence-corrected chi connectivity index (χ0v) is 12.5. The van der Waals surface area contributed by atoms with Crippen molar-refractivity contribution in [2.24, 2.45) is 0 Å². The van der Waals surface area contributed by atoms with Gasteiger partial charge in [-0.05, 0) is 52.6 Å². The summed E-state index contributed by atoms with van der Waals surface area (Å²) in [7, 11) is 2.18. The van der Waals surface area contributed by atoms with Gasteiger partial charge in [-0.3, -0.25) is 0 Å². The molecule has 1 aliphatic carbocycles. The third-order valence-corrected chi connectivity index (χ3v) is 5.41. The van der Waals surface area contributed by atoms with Crippen LogP contribution in [0.25, 0.3) is 0 Å². The van der Waals surface area contributed by atoms with Crippen molar-refractivity contribution < 1.29 is 0 Å². The molecule has 2 fully saturated rings. The minimum absolute atomic E-state index is 0.463. The van der Waals surface area contributed by atoms with Gasteiger partial charge in [-0.15, -0.1) is 0 Å². The van der Waals surface area contributed by atoms with Gasteiger partial charge in [0.25, 0.3) is 0 Å². The molecule has 2 heteroatoms. The molecule has 1 unspecified atom stereocenters. The minimum atomic E-state index is 0.463. The predicted octanol–water partition coefficient (Wildman–Crippen LogP) is 3.56. The van der Waals surface area contributed by atoms with Gasteiger partial charge in [0.15, 0.2) is 0 Å². The number of hydrogen-bond acceptors (Lipinski definition) is 2. The molecular formula is C16H32N2. The summed E-state index contributed by atoms with van der Waals surface area (Å²) in [6, 6.07) is 0.810. The quantitative estimate of drug-likeness (QED) is 0.823. The van der Waals surface area contributed by atoms with Crippen LogP contribution in [0.4, 0.5) is 0 Å². The van der Waals surface area contributed by atoms with Crippen molar-refractivity contribution in [3.8, 4) is 0 Å². The van der Waals surface area contributed by atoms with Crippen LogP contribution in [0.1, 0.15) is 71.1 Å². The zero-order chi connectivity index (χ0) is 12.8. The fourth-order valence-electron chi connectivity index (χ4n) is 3.88. The average Bonchev–Trinajstić information content (AvgIpc) is 2.62. The lowest BCUT2D eigenvalue weighted by Crippen LogP contribution is -2.48. The first-order valence-corrected chi connectivity index (χ1v) is 8.19. The van der Waals surface area contributed by atoms with E-state index in [1.165, 1.54) is 77.3 Å². The largest absolute Gasteiger partial charge is 0.314 e. The number of hydrogen-bond donors (Lipinski definition) is 1. The number of rotatable bonds is 4. The van der Waals surface area contributed by atoms with Gasteiger partial charge in [-0.25, -0.2) is 0 Å². The van der Waals surface area contributed by atoms with E-state index >= 15 is 0 Å². The normalized spacial score (nSPS) is 30.0. The summed E-state index contributed by atoms with van der Waals surface area (Å²) in [4.78, 5) is 2.75. The van der Waals surface area contributed by atoms with E-state index in [9.17, 15) is 0 Å². The third-order valence-electron chi connectivity index (χ3n) is 5.41. The van der Waals surface area contributed by atoms with Crippen molar-refractivity contribution in [3.05, 3.63) is 0 Å². The Kier molecular flexibility index (Phi) is 5.50. The Labute approximate surface area is 114 Å². The van der Waals surface area contributed by atoms with Crippen molar-refractivity contribution >= 4 is 0 Å². The van der Waals surface area contributed by atoms with Gasteiger partial charge in [0, 0.05) is 18.1 Å². The molecule has 0 radical (unpaired) electrons. The van der Waals surface area contributed by atoms with Crippen LogP contribution in [0.3, 0.4) is 0 Å². The second-order valence-electron chi connectivity index (χ2n) is 6.58. The summed E-state index contributed by atoms with van der Waals surface area (Å²) in [5, 5.41) is 3.66. The van der Waals surface area contributed by atoms with Crippen LogP contribution in [0, 0.1) is 0 Å². The molecular weight excluding hydrogens is 220 g/mol. The Morgan fingerprint density at radius 3 is 2.50 bits per heavy atom. The lowest BCUT2D eigenvalue weighted by molar-refractivity contribution is 0.157. The Bertz CT molecular complexity index is 233. The van der Waals surface area contributed by atoms with E-state index < -0.39 is 0 Å². The molecule has 2 aliphatic rings. The number of nitrogens with one attached hydrogen (secondary N) is 1. The highest BCUT2D eigenvalue weighted by Gasteiger charge is 2.31. The van der Waals surface area contributed by atoms with Crippen LogP contribution in [0.5, 0.6) is 0 Å². The van der Waals surface area contributed by atoms with Crippen LogP contribution in [0.15, 0.2) is 0 Å². The van der Waals surface area contributed by atoms with Crippen LogP contribution < -0.4 is 5.32 Å². The van der Waals surface area contributed by atoms with E-state index in [0.717, 1.165) is 6.04 Å². The van der Waals surface area contributed by atoms with Gasteiger partial charge < -0.3 is 10.2 Å². The minimum Gasteiger partial charge on any atom is -0.314 e. The van der Waals surface area contributed by atoms with Crippen LogP contribution in [0.2, 0.25) is 0 Å². The second-order valence-corrected chi connectivity index (χ2v) is 6.58. The maximum Gasteiger partial charge on any atom is 0.0190 e. The molecule has 0 amide bonds. The van der Waals surface area contributed by atoms with Gasteiger partial charge in [-0.2, -0.15) is 0 Å². The van der Waals surface area contributed by atoms with Gasteiger partial charge in [0.1, 0.15) is 0 Å². The van der Waals surface area contributed by atoms with Crippen molar-refractivity contribution in [2.75, 3.05) is 20.1 Å². The van der Waals surface area contributed by atoms with Crippen LogP contribution >= 0.6 is 0 Å². The van der Waals surface area contributed by atoms with E-state index in [2.05, 4.69) is 24.2 Å². The molecule has 2 rings (SSSR count). The first kappa shape index (κ1) is 14.3. The van der Waals surface area contributed by atoms with Crippen molar-refractivity contribution in [3.63, 3.8) is 0 Å². The topological polar surface area (TPSA) is 15.3 Å². The summed E-state index contributed by atoms with van der Waals surface area (Å²) < 4.78 is 0. The SMILES string of the molecule is CNC1(CCN2CCCCCC2C)CCCCC1. The molecule has 0 bridgehead atoms. The fourth-order valence-corrected chi connectivity index (χ4v) is 3.88. The summed E-state index contributed by atoms with van der Waals surface area (Å²) in [6.45, 7) is 5.07. The molecule has 1 atom stereocenters. The lowest BCUT2D eigenvalue weighted by Gasteiger charge is -2.39. The fraction of sp³-hybridized carbons (Fsp3) is 1.00. The summed E-state index contributed by atoms with van der Waals surface area (Å²) in [5.74, 6) is 0. The standard InChI is InChI=1S/C16H32N2/c1-15-9-5-3-8-13-18(15)14-12-16(17-2)10-6-4-7-11-16/h15,17H,3-14H2,1-2H3. The molecule has 1 N–H and O–H groups in total. The number of nitrogens with zero attached hydrogens (tertiary/aromatic N) is 1. The Morgan fingerprint density at radius 2 is 1.78 bits per heavy atom. The molecule has 1 aliphatic heterocycles. The monoisotopic (exact) mass is 252 g/mol. The van der Waals surface area contributed by atoms with E-state index in [-0.39, 0.29) is 0 Å². The lowest BCUT2D eigenvalue weighted by atomic mass is 9.79. The highest BCUT2D eigenvalue weighted by atomic mass is 15.2. The first-order valence-electron chi connectivity index (χ1n) is 8.19. The maximum absolute atomic E-state index is 3.66. The summed E-state index contributed by atoms with van der Waals surface area (Å²) >= 11 is 0. The van der Waals surface area contributed by atoms with E-state index in [1.807, 2.05) is 0 Å². The molecule has 0 spiro atoms. The average molecular weight is 252 g/mol. The first-order chi connectivity index (χ1) is 8.76. The second kappa shape index (κ2) is 6.91. The Morgan fingerprint density at radius 1 is 1.06 bits per heavy atom. The van der Waals surface area contributed by atoms with Crippen molar-refractivity contribution in [1.82, 2.24) is 10.2 Å². The van der Waals surface area contributed by atoms with E-state index in [1.54, 1.807) is 0 Å². The third kappa shape index (κ3) is 3.71. The van der Waals surface area contributed by atoms with Gasteiger partial charge >= 0.3 is 0 Å². The molecule has 2 nitrogen and oxygen atoms in total. The van der Waals surface area contributed by atoms with E-state index in [4.69, 9.17) is 0 Å². The van der Waals surface area contributed by atoms with Crippen molar-refractivity contribution in [1.29, 1.82) is 0 Å². The highest BCUT2D eigenvalue weighted by molar-refractivity contribution is 4.90. The molecule has 0 aromatic rings. The molecule has 1 saturated heterocycles. The Hall–Kier alpha value is -0.0800. The molecule has 18 heavy (non-hydrogen) atoms.